The third kappa shape index (κ3) is 4.95. The summed E-state index contributed by atoms with van der Waals surface area (Å²) in [6, 6.07) is 11.2. The van der Waals surface area contributed by atoms with Crippen molar-refractivity contribution in [2.24, 2.45) is 5.92 Å². The van der Waals surface area contributed by atoms with Crippen LogP contribution in [0, 0.1) is 5.92 Å². The van der Waals surface area contributed by atoms with Crippen LogP contribution in [-0.2, 0) is 4.79 Å². The topological polar surface area (TPSA) is 101 Å². The van der Waals surface area contributed by atoms with Crippen LogP contribution >= 0.6 is 11.3 Å². The van der Waals surface area contributed by atoms with Gasteiger partial charge < -0.3 is 19.9 Å². The number of carbonyl (C=O) groups excluding carboxylic acids is 2. The highest BCUT2D eigenvalue weighted by Crippen LogP contribution is 2.25. The molecule has 2 aliphatic rings. The van der Waals surface area contributed by atoms with Crippen LogP contribution in [0.1, 0.15) is 22.6 Å². The van der Waals surface area contributed by atoms with Crippen LogP contribution in [0.4, 0.5) is 11.5 Å². The molecule has 0 unspecified atom stereocenters. The molecule has 4 heterocycles. The Bertz CT molecular complexity index is 1080. The number of hydrogen-bond acceptors (Lipinski definition) is 8. The van der Waals surface area contributed by atoms with Gasteiger partial charge in [-0.25, -0.2) is 4.98 Å². The number of amides is 2. The van der Waals surface area contributed by atoms with E-state index in [4.69, 9.17) is 4.74 Å². The number of nitrogens with zero attached hydrogens (tertiary/aromatic N) is 5. The molecule has 9 nitrogen and oxygen atoms in total. The van der Waals surface area contributed by atoms with Gasteiger partial charge in [0.2, 0.25) is 5.91 Å². The summed E-state index contributed by atoms with van der Waals surface area (Å²) in [6.07, 6.45) is 4.90. The van der Waals surface area contributed by atoms with E-state index < -0.39 is 0 Å². The van der Waals surface area contributed by atoms with Gasteiger partial charge in [-0.15, -0.1) is 16.4 Å². The summed E-state index contributed by atoms with van der Waals surface area (Å²) in [4.78, 5) is 32.9. The van der Waals surface area contributed by atoms with Crippen LogP contribution in [-0.4, -0.2) is 64.2 Å². The first-order chi connectivity index (χ1) is 16.2. The number of carbonyl (C=O) groups is 2. The zero-order valence-corrected chi connectivity index (χ0v) is 18.8. The first-order valence-corrected chi connectivity index (χ1v) is 11.8. The maximum atomic E-state index is 12.5. The molecule has 1 aromatic carbocycles. The van der Waals surface area contributed by atoms with Gasteiger partial charge in [0.05, 0.1) is 5.92 Å². The van der Waals surface area contributed by atoms with Crippen molar-refractivity contribution in [2.45, 2.75) is 18.9 Å². The molecule has 0 aliphatic carbocycles. The average molecular weight is 465 g/mol. The standard InChI is InChI=1S/C23H24N6O3S/c30-21(16-14-29(15-16)20-2-1-9-25-27-20)26-17-3-5-18(6-4-17)32-19-7-11-28(12-8-19)23(31)22-24-10-13-33-22/h1-6,9-10,13,16,19H,7-8,11-12,14-15H2,(H,26,30). The van der Waals surface area contributed by atoms with Crippen LogP contribution in [0.2, 0.25) is 0 Å². The summed E-state index contributed by atoms with van der Waals surface area (Å²) >= 11 is 1.37. The molecule has 2 fully saturated rings. The number of likely N-dealkylation sites (tertiary alicyclic amines) is 1. The predicted octanol–water partition coefficient (Wildman–Crippen LogP) is 2.69. The van der Waals surface area contributed by atoms with E-state index >= 15 is 0 Å². The fourth-order valence-corrected chi connectivity index (χ4v) is 4.59. The number of piperidine rings is 1. The minimum atomic E-state index is -0.0693. The molecular weight excluding hydrogens is 440 g/mol. The van der Waals surface area contributed by atoms with Gasteiger partial charge in [-0.1, -0.05) is 0 Å². The number of nitrogens with one attached hydrogen (secondary N) is 1. The Morgan fingerprint density at radius 2 is 1.85 bits per heavy atom. The molecule has 3 aromatic rings. The SMILES string of the molecule is O=C(Nc1ccc(OC2CCN(C(=O)c3nccs3)CC2)cc1)C1CN(c2cccnn2)C1. The Labute approximate surface area is 195 Å². The summed E-state index contributed by atoms with van der Waals surface area (Å²) in [5.41, 5.74) is 0.745. The molecule has 2 aliphatic heterocycles. The lowest BCUT2D eigenvalue weighted by Gasteiger charge is -2.38. The molecule has 0 bridgehead atoms. The zero-order valence-electron chi connectivity index (χ0n) is 18.0. The summed E-state index contributed by atoms with van der Waals surface area (Å²) in [5.74, 6) is 1.48. The van der Waals surface area contributed by atoms with Gasteiger partial charge in [-0.05, 0) is 36.4 Å². The largest absolute Gasteiger partial charge is 0.490 e. The van der Waals surface area contributed by atoms with Crippen LogP contribution < -0.4 is 15.0 Å². The van der Waals surface area contributed by atoms with Gasteiger partial charge in [0, 0.05) is 62.5 Å². The Kier molecular flexibility index (Phi) is 6.16. The molecule has 2 amide bonds. The van der Waals surface area contributed by atoms with Gasteiger partial charge in [0.1, 0.15) is 11.9 Å². The molecular formula is C23H24N6O3S. The van der Waals surface area contributed by atoms with Crippen molar-refractivity contribution in [1.82, 2.24) is 20.1 Å². The monoisotopic (exact) mass is 464 g/mol. The first-order valence-electron chi connectivity index (χ1n) is 10.9. The second-order valence-corrected chi connectivity index (χ2v) is 9.04. The summed E-state index contributed by atoms with van der Waals surface area (Å²) in [7, 11) is 0. The van der Waals surface area contributed by atoms with Crippen molar-refractivity contribution in [3.8, 4) is 5.75 Å². The van der Waals surface area contributed by atoms with E-state index in [2.05, 4.69) is 20.5 Å². The molecule has 5 rings (SSSR count). The lowest BCUT2D eigenvalue weighted by Crippen LogP contribution is -2.52. The first kappa shape index (κ1) is 21.3. The van der Waals surface area contributed by atoms with Gasteiger partial charge in [0.25, 0.3) is 5.91 Å². The molecule has 170 valence electrons. The van der Waals surface area contributed by atoms with Gasteiger partial charge in [0.15, 0.2) is 10.8 Å². The Hall–Kier alpha value is -3.53. The number of rotatable bonds is 6. The molecule has 0 radical (unpaired) electrons. The number of ether oxygens (including phenoxy) is 1. The lowest BCUT2D eigenvalue weighted by molar-refractivity contribution is -0.120. The smallest absolute Gasteiger partial charge is 0.282 e. The van der Waals surface area contributed by atoms with Crippen molar-refractivity contribution in [2.75, 3.05) is 36.4 Å². The fourth-order valence-electron chi connectivity index (χ4n) is 3.99. The van der Waals surface area contributed by atoms with Crippen molar-refractivity contribution in [1.29, 1.82) is 0 Å². The highest BCUT2D eigenvalue weighted by Gasteiger charge is 2.33. The van der Waals surface area contributed by atoms with E-state index in [0.29, 0.717) is 31.2 Å². The third-order valence-corrected chi connectivity index (χ3v) is 6.66. The van der Waals surface area contributed by atoms with Crippen LogP contribution in [0.15, 0.2) is 54.2 Å². The van der Waals surface area contributed by atoms with E-state index in [1.165, 1.54) is 11.3 Å². The van der Waals surface area contributed by atoms with Crippen molar-refractivity contribution < 1.29 is 14.3 Å². The van der Waals surface area contributed by atoms with E-state index in [0.717, 1.165) is 30.1 Å². The average Bonchev–Trinajstić information content (AvgIpc) is 3.35. The molecule has 2 saturated heterocycles. The number of aromatic nitrogens is 3. The molecule has 1 N–H and O–H groups in total. The maximum Gasteiger partial charge on any atom is 0.282 e. The molecule has 2 aromatic heterocycles. The number of thiazole rings is 1. The highest BCUT2D eigenvalue weighted by molar-refractivity contribution is 7.11. The van der Waals surface area contributed by atoms with Crippen LogP contribution in [0.5, 0.6) is 5.75 Å². The second kappa shape index (κ2) is 9.53. The zero-order chi connectivity index (χ0) is 22.6. The summed E-state index contributed by atoms with van der Waals surface area (Å²) in [5, 5.41) is 13.3. The fraction of sp³-hybridized carbons (Fsp3) is 0.348. The van der Waals surface area contributed by atoms with E-state index in [1.54, 1.807) is 12.4 Å². The van der Waals surface area contributed by atoms with Crippen molar-refractivity contribution >= 4 is 34.7 Å². The van der Waals surface area contributed by atoms with Gasteiger partial charge in [-0.2, -0.15) is 5.10 Å². The van der Waals surface area contributed by atoms with Crippen LogP contribution in [0.25, 0.3) is 0 Å². The van der Waals surface area contributed by atoms with Gasteiger partial charge in [-0.3, -0.25) is 9.59 Å². The minimum absolute atomic E-state index is 0.000998. The van der Waals surface area contributed by atoms with Crippen LogP contribution in [0.3, 0.4) is 0 Å². The molecule has 0 saturated carbocycles. The molecule has 33 heavy (non-hydrogen) atoms. The van der Waals surface area contributed by atoms with E-state index in [9.17, 15) is 9.59 Å². The molecule has 0 atom stereocenters. The van der Waals surface area contributed by atoms with Gasteiger partial charge >= 0.3 is 0 Å². The normalized spacial score (nSPS) is 16.8. The Balaban J connectivity index is 1.06. The van der Waals surface area contributed by atoms with E-state index in [1.807, 2.05) is 51.6 Å². The number of anilines is 2. The third-order valence-electron chi connectivity index (χ3n) is 5.90. The van der Waals surface area contributed by atoms with Crippen molar-refractivity contribution in [3.05, 3.63) is 59.2 Å². The van der Waals surface area contributed by atoms with E-state index in [-0.39, 0.29) is 23.8 Å². The number of benzene rings is 1. The number of hydrogen-bond donors (Lipinski definition) is 1. The second-order valence-electron chi connectivity index (χ2n) is 8.14. The predicted molar refractivity (Wildman–Crippen MR) is 124 cm³/mol. The quantitative estimate of drug-likeness (QED) is 0.599. The summed E-state index contributed by atoms with van der Waals surface area (Å²) < 4.78 is 6.09. The van der Waals surface area contributed by atoms with Crippen molar-refractivity contribution in [3.63, 3.8) is 0 Å². The minimum Gasteiger partial charge on any atom is -0.490 e. The molecule has 0 spiro atoms. The Morgan fingerprint density at radius 3 is 2.52 bits per heavy atom. The lowest BCUT2D eigenvalue weighted by atomic mass is 9.99. The highest BCUT2D eigenvalue weighted by atomic mass is 32.1. The molecule has 10 heteroatoms. The Morgan fingerprint density at radius 1 is 1.06 bits per heavy atom. The maximum absolute atomic E-state index is 12.5. The summed E-state index contributed by atoms with van der Waals surface area (Å²) in [6.45, 7) is 2.58.